The van der Waals surface area contributed by atoms with E-state index in [0.717, 1.165) is 12.1 Å². The van der Waals surface area contributed by atoms with Crippen LogP contribution in [0.15, 0.2) is 23.0 Å². The van der Waals surface area contributed by atoms with Crippen molar-refractivity contribution in [1.29, 1.82) is 0 Å². The summed E-state index contributed by atoms with van der Waals surface area (Å²) in [6, 6.07) is 1.75. The molecule has 22 heavy (non-hydrogen) atoms. The van der Waals surface area contributed by atoms with Crippen LogP contribution in [0, 0.1) is 13.8 Å². The first-order valence-electron chi connectivity index (χ1n) is 7.11. The molecule has 3 rings (SSSR count). The third-order valence-electron chi connectivity index (χ3n) is 3.45. The molecule has 1 N–H and O–H groups in total. The van der Waals surface area contributed by atoms with Gasteiger partial charge in [0, 0.05) is 30.5 Å². The van der Waals surface area contributed by atoms with Crippen LogP contribution in [0.3, 0.4) is 0 Å². The number of aromatic nitrogens is 4. The molecule has 0 saturated heterocycles. The largest absolute Gasteiger partial charge is 0.348 e. The van der Waals surface area contributed by atoms with Crippen LogP contribution in [0.4, 0.5) is 0 Å². The summed E-state index contributed by atoms with van der Waals surface area (Å²) < 4.78 is 6.97. The van der Waals surface area contributed by atoms with E-state index in [0.29, 0.717) is 34.6 Å². The molecule has 0 fully saturated rings. The number of nitrogens with zero attached hydrogens (tertiary/aromatic N) is 4. The predicted octanol–water partition coefficient (Wildman–Crippen LogP) is 1.99. The van der Waals surface area contributed by atoms with Crippen molar-refractivity contribution >= 4 is 17.0 Å². The van der Waals surface area contributed by atoms with Gasteiger partial charge >= 0.3 is 0 Å². The van der Waals surface area contributed by atoms with E-state index in [1.807, 2.05) is 24.7 Å². The minimum atomic E-state index is -0.175. The first-order chi connectivity index (χ1) is 10.6. The maximum atomic E-state index is 12.5. The summed E-state index contributed by atoms with van der Waals surface area (Å²) in [6.07, 6.45) is 3.67. The highest BCUT2D eigenvalue weighted by atomic mass is 16.5. The zero-order chi connectivity index (χ0) is 15.7. The van der Waals surface area contributed by atoms with Crippen LogP contribution in [0.5, 0.6) is 0 Å². The fourth-order valence-electron chi connectivity index (χ4n) is 2.34. The molecule has 0 radical (unpaired) electrons. The lowest BCUT2D eigenvalue weighted by atomic mass is 10.1. The van der Waals surface area contributed by atoms with Crippen molar-refractivity contribution in [3.05, 3.63) is 41.0 Å². The highest BCUT2D eigenvalue weighted by Gasteiger charge is 2.17. The topological polar surface area (TPSA) is 85.8 Å². The Hall–Kier alpha value is -2.70. The molecule has 3 heterocycles. The van der Waals surface area contributed by atoms with Gasteiger partial charge in [-0.1, -0.05) is 5.16 Å². The minimum Gasteiger partial charge on any atom is -0.348 e. The number of carbonyl (C=O) groups excluding carboxylic acids is 1. The Balaban J connectivity index is 1.84. The number of amides is 1. The number of aryl methyl sites for hydroxylation is 3. The summed E-state index contributed by atoms with van der Waals surface area (Å²) in [7, 11) is 0. The van der Waals surface area contributed by atoms with Gasteiger partial charge in [-0.15, -0.1) is 0 Å². The molecule has 0 aliphatic rings. The molecular weight excluding hydrogens is 282 g/mol. The van der Waals surface area contributed by atoms with Crippen molar-refractivity contribution in [3.63, 3.8) is 0 Å². The third-order valence-corrected chi connectivity index (χ3v) is 3.45. The van der Waals surface area contributed by atoms with E-state index in [1.165, 1.54) is 0 Å². The van der Waals surface area contributed by atoms with Crippen LogP contribution in [0.25, 0.3) is 11.1 Å². The third kappa shape index (κ3) is 2.57. The summed E-state index contributed by atoms with van der Waals surface area (Å²) in [4.78, 5) is 16.7. The van der Waals surface area contributed by atoms with E-state index in [9.17, 15) is 4.79 Å². The summed E-state index contributed by atoms with van der Waals surface area (Å²) in [6.45, 7) is 6.86. The van der Waals surface area contributed by atoms with Crippen molar-refractivity contribution in [1.82, 2.24) is 25.2 Å². The van der Waals surface area contributed by atoms with E-state index >= 15 is 0 Å². The number of pyridine rings is 1. The zero-order valence-electron chi connectivity index (χ0n) is 12.8. The van der Waals surface area contributed by atoms with Crippen LogP contribution in [0.1, 0.15) is 34.2 Å². The molecule has 0 aliphatic heterocycles. The number of nitrogens with one attached hydrogen (secondary N) is 1. The first-order valence-corrected chi connectivity index (χ1v) is 7.11. The average molecular weight is 299 g/mol. The molecule has 0 aromatic carbocycles. The Morgan fingerprint density at radius 2 is 2.23 bits per heavy atom. The maximum Gasteiger partial charge on any atom is 0.258 e. The lowest BCUT2D eigenvalue weighted by molar-refractivity contribution is 0.0952. The average Bonchev–Trinajstić information content (AvgIpc) is 3.11. The fourth-order valence-corrected chi connectivity index (χ4v) is 2.34. The van der Waals surface area contributed by atoms with Gasteiger partial charge in [0.05, 0.1) is 22.8 Å². The van der Waals surface area contributed by atoms with E-state index in [4.69, 9.17) is 4.52 Å². The van der Waals surface area contributed by atoms with Crippen molar-refractivity contribution < 1.29 is 9.32 Å². The van der Waals surface area contributed by atoms with E-state index in [-0.39, 0.29) is 5.91 Å². The normalized spacial score (nSPS) is 11.0. The molecule has 1 amide bonds. The number of hydrogen-bond donors (Lipinski definition) is 1. The quantitative estimate of drug-likeness (QED) is 0.796. The minimum absolute atomic E-state index is 0.175. The number of rotatable bonds is 4. The summed E-state index contributed by atoms with van der Waals surface area (Å²) in [5.41, 5.74) is 3.25. The number of carbonyl (C=O) groups is 1. The standard InChI is InChI=1S/C15H17N5O2/c1-4-20-8-11(7-17-20)6-16-14(21)12-5-9(2)18-15-13(12)10(3)19-22-15/h5,7-8H,4,6H2,1-3H3,(H,16,21). The van der Waals surface area contributed by atoms with Gasteiger partial charge in [0.15, 0.2) is 0 Å². The molecule has 7 heteroatoms. The Kier molecular flexibility index (Phi) is 3.62. The second kappa shape index (κ2) is 5.59. The van der Waals surface area contributed by atoms with Gasteiger partial charge in [-0.2, -0.15) is 5.10 Å². The molecule has 7 nitrogen and oxygen atoms in total. The van der Waals surface area contributed by atoms with Crippen molar-refractivity contribution in [3.8, 4) is 0 Å². The summed E-state index contributed by atoms with van der Waals surface area (Å²) in [5, 5.41) is 11.6. The second-order valence-electron chi connectivity index (χ2n) is 5.15. The van der Waals surface area contributed by atoms with Crippen LogP contribution < -0.4 is 5.32 Å². The SMILES string of the molecule is CCn1cc(CNC(=O)c2cc(C)nc3onc(C)c23)cn1. The van der Waals surface area contributed by atoms with Crippen molar-refractivity contribution in [2.75, 3.05) is 0 Å². The van der Waals surface area contributed by atoms with Crippen LogP contribution in [-0.4, -0.2) is 25.8 Å². The molecule has 0 atom stereocenters. The van der Waals surface area contributed by atoms with Gasteiger partial charge in [0.1, 0.15) is 0 Å². The van der Waals surface area contributed by atoms with E-state index in [1.54, 1.807) is 19.2 Å². The molecule has 0 bridgehead atoms. The lowest BCUT2D eigenvalue weighted by Gasteiger charge is -2.05. The van der Waals surface area contributed by atoms with Crippen LogP contribution >= 0.6 is 0 Å². The van der Waals surface area contributed by atoms with E-state index < -0.39 is 0 Å². The molecule has 0 unspecified atom stereocenters. The zero-order valence-corrected chi connectivity index (χ0v) is 12.8. The number of hydrogen-bond acceptors (Lipinski definition) is 5. The van der Waals surface area contributed by atoms with Crippen LogP contribution in [-0.2, 0) is 13.1 Å². The molecule has 3 aromatic heterocycles. The van der Waals surface area contributed by atoms with Gasteiger partial charge in [0.2, 0.25) is 0 Å². The van der Waals surface area contributed by atoms with E-state index in [2.05, 4.69) is 20.6 Å². The molecular formula is C15H17N5O2. The smallest absolute Gasteiger partial charge is 0.258 e. The van der Waals surface area contributed by atoms with Gasteiger partial charge in [-0.05, 0) is 26.8 Å². The van der Waals surface area contributed by atoms with Crippen LogP contribution in [0.2, 0.25) is 0 Å². The monoisotopic (exact) mass is 299 g/mol. The highest BCUT2D eigenvalue weighted by Crippen LogP contribution is 2.21. The predicted molar refractivity (Wildman–Crippen MR) is 80.3 cm³/mol. The molecule has 0 spiro atoms. The molecule has 114 valence electrons. The van der Waals surface area contributed by atoms with Gasteiger partial charge in [-0.25, -0.2) is 4.98 Å². The Labute approximate surface area is 127 Å². The van der Waals surface area contributed by atoms with Gasteiger partial charge in [0.25, 0.3) is 11.6 Å². The van der Waals surface area contributed by atoms with Crippen molar-refractivity contribution in [2.24, 2.45) is 0 Å². The first kappa shape index (κ1) is 14.2. The second-order valence-corrected chi connectivity index (χ2v) is 5.15. The van der Waals surface area contributed by atoms with Crippen molar-refractivity contribution in [2.45, 2.75) is 33.9 Å². The maximum absolute atomic E-state index is 12.5. The Morgan fingerprint density at radius 1 is 1.41 bits per heavy atom. The fraction of sp³-hybridized carbons (Fsp3) is 0.333. The molecule has 3 aromatic rings. The lowest BCUT2D eigenvalue weighted by Crippen LogP contribution is -2.23. The summed E-state index contributed by atoms with van der Waals surface area (Å²) in [5.74, 6) is -0.175. The van der Waals surface area contributed by atoms with Gasteiger partial charge < -0.3 is 9.84 Å². The Bertz CT molecular complexity index is 834. The number of fused-ring (bicyclic) bond motifs is 1. The highest BCUT2D eigenvalue weighted by molar-refractivity contribution is 6.05. The molecule has 0 aliphatic carbocycles. The summed E-state index contributed by atoms with van der Waals surface area (Å²) >= 11 is 0. The Morgan fingerprint density at radius 3 is 2.95 bits per heavy atom. The molecule has 0 saturated carbocycles. The van der Waals surface area contributed by atoms with Gasteiger partial charge in [-0.3, -0.25) is 9.48 Å².